The minimum Gasteiger partial charge on any atom is -0.393 e. The fourth-order valence-electron chi connectivity index (χ4n) is 1.34. The molecule has 0 saturated carbocycles. The third-order valence-corrected chi connectivity index (χ3v) is 2.33. The number of aliphatic hydroxyl groups is 1. The lowest BCUT2D eigenvalue weighted by Crippen LogP contribution is -2.27. The smallest absolute Gasteiger partial charge is 0.307 e. The van der Waals surface area contributed by atoms with Gasteiger partial charge in [0, 0.05) is 6.54 Å². The summed E-state index contributed by atoms with van der Waals surface area (Å²) in [6.45, 7) is 1.59. The SMILES string of the molecule is CC(O)CCNC(=O)c1cc(F)c([N+](=O)[O-])cc1F. The second-order valence-electron chi connectivity index (χ2n) is 3.93. The van der Waals surface area contributed by atoms with Crippen LogP contribution in [-0.2, 0) is 0 Å². The third kappa shape index (κ3) is 3.95. The molecule has 1 aromatic rings. The summed E-state index contributed by atoms with van der Waals surface area (Å²) in [5.41, 5.74) is -1.65. The van der Waals surface area contributed by atoms with E-state index in [4.69, 9.17) is 5.11 Å². The molecule has 0 aliphatic heterocycles. The topological polar surface area (TPSA) is 92.5 Å². The Morgan fingerprint density at radius 3 is 2.63 bits per heavy atom. The molecule has 19 heavy (non-hydrogen) atoms. The molecule has 0 aliphatic rings. The number of aliphatic hydroxyl groups excluding tert-OH is 1. The largest absolute Gasteiger partial charge is 0.393 e. The molecular formula is C11H12F2N2O4. The zero-order valence-electron chi connectivity index (χ0n) is 10.0. The molecule has 0 aliphatic carbocycles. The molecule has 6 nitrogen and oxygen atoms in total. The maximum atomic E-state index is 13.4. The van der Waals surface area contributed by atoms with Gasteiger partial charge in [-0.3, -0.25) is 14.9 Å². The quantitative estimate of drug-likeness (QED) is 0.626. The van der Waals surface area contributed by atoms with Gasteiger partial charge < -0.3 is 10.4 Å². The van der Waals surface area contributed by atoms with Crippen LogP contribution in [0.15, 0.2) is 12.1 Å². The van der Waals surface area contributed by atoms with E-state index in [-0.39, 0.29) is 13.0 Å². The monoisotopic (exact) mass is 274 g/mol. The van der Waals surface area contributed by atoms with E-state index < -0.39 is 39.8 Å². The van der Waals surface area contributed by atoms with Gasteiger partial charge in [0.1, 0.15) is 5.82 Å². The molecule has 1 atom stereocenters. The van der Waals surface area contributed by atoms with Crippen LogP contribution in [0.3, 0.4) is 0 Å². The van der Waals surface area contributed by atoms with E-state index in [0.29, 0.717) is 12.1 Å². The van der Waals surface area contributed by atoms with Crippen LogP contribution in [0.1, 0.15) is 23.7 Å². The van der Waals surface area contributed by atoms with Gasteiger partial charge >= 0.3 is 5.69 Å². The molecule has 1 rings (SSSR count). The van der Waals surface area contributed by atoms with Gasteiger partial charge in [0.25, 0.3) is 5.91 Å². The van der Waals surface area contributed by atoms with Crippen LogP contribution in [0.5, 0.6) is 0 Å². The average molecular weight is 274 g/mol. The third-order valence-electron chi connectivity index (χ3n) is 2.33. The Morgan fingerprint density at radius 1 is 1.47 bits per heavy atom. The lowest BCUT2D eigenvalue weighted by atomic mass is 10.1. The summed E-state index contributed by atoms with van der Waals surface area (Å²) in [7, 11) is 0. The minimum absolute atomic E-state index is 0.0779. The Balaban J connectivity index is 2.86. The molecule has 1 amide bonds. The molecule has 1 unspecified atom stereocenters. The van der Waals surface area contributed by atoms with Crippen LogP contribution in [0.2, 0.25) is 0 Å². The van der Waals surface area contributed by atoms with Gasteiger partial charge in [-0.25, -0.2) is 4.39 Å². The maximum Gasteiger partial charge on any atom is 0.307 e. The molecule has 0 heterocycles. The van der Waals surface area contributed by atoms with Crippen molar-refractivity contribution in [2.75, 3.05) is 6.54 Å². The Bertz CT molecular complexity index is 506. The molecule has 0 radical (unpaired) electrons. The summed E-state index contributed by atoms with van der Waals surface area (Å²) in [5.74, 6) is -3.36. The molecular weight excluding hydrogens is 262 g/mol. The molecule has 0 bridgehead atoms. The van der Waals surface area contributed by atoms with E-state index in [9.17, 15) is 23.7 Å². The summed E-state index contributed by atoms with van der Waals surface area (Å²) in [5, 5.41) is 21.6. The lowest BCUT2D eigenvalue weighted by molar-refractivity contribution is -0.387. The zero-order chi connectivity index (χ0) is 14.6. The minimum atomic E-state index is -1.29. The number of nitro benzene ring substituents is 1. The molecule has 2 N–H and O–H groups in total. The Kier molecular flexibility index (Phi) is 4.87. The number of carbonyl (C=O) groups is 1. The highest BCUT2D eigenvalue weighted by Crippen LogP contribution is 2.21. The van der Waals surface area contributed by atoms with Crippen LogP contribution in [-0.4, -0.2) is 28.6 Å². The van der Waals surface area contributed by atoms with Gasteiger partial charge in [-0.1, -0.05) is 0 Å². The van der Waals surface area contributed by atoms with Gasteiger partial charge in [-0.2, -0.15) is 4.39 Å². The lowest BCUT2D eigenvalue weighted by Gasteiger charge is -2.07. The number of hydrogen-bond donors (Lipinski definition) is 2. The highest BCUT2D eigenvalue weighted by molar-refractivity contribution is 5.94. The summed E-state index contributed by atoms with van der Waals surface area (Å²) >= 11 is 0. The summed E-state index contributed by atoms with van der Waals surface area (Å²) < 4.78 is 26.7. The van der Waals surface area contributed by atoms with Crippen molar-refractivity contribution in [3.05, 3.63) is 39.4 Å². The molecule has 0 aromatic heterocycles. The molecule has 0 spiro atoms. The highest BCUT2D eigenvalue weighted by atomic mass is 19.1. The zero-order valence-corrected chi connectivity index (χ0v) is 10.0. The van der Waals surface area contributed by atoms with Crippen molar-refractivity contribution in [2.45, 2.75) is 19.4 Å². The summed E-state index contributed by atoms with van der Waals surface area (Å²) in [6, 6.07) is 0.837. The number of nitrogens with zero attached hydrogens (tertiary/aromatic N) is 1. The first kappa shape index (κ1) is 15.0. The van der Waals surface area contributed by atoms with Crippen molar-refractivity contribution in [3.63, 3.8) is 0 Å². The second kappa shape index (κ2) is 6.19. The summed E-state index contributed by atoms with van der Waals surface area (Å²) in [4.78, 5) is 20.8. The fraction of sp³-hybridized carbons (Fsp3) is 0.364. The fourth-order valence-corrected chi connectivity index (χ4v) is 1.34. The molecule has 8 heteroatoms. The van der Waals surface area contributed by atoms with Crippen molar-refractivity contribution in [1.29, 1.82) is 0 Å². The van der Waals surface area contributed by atoms with E-state index in [2.05, 4.69) is 5.32 Å². The number of hydrogen-bond acceptors (Lipinski definition) is 4. The molecule has 1 aromatic carbocycles. The predicted octanol–water partition coefficient (Wildman–Crippen LogP) is 1.37. The van der Waals surface area contributed by atoms with Crippen molar-refractivity contribution in [2.24, 2.45) is 0 Å². The highest BCUT2D eigenvalue weighted by Gasteiger charge is 2.21. The van der Waals surface area contributed by atoms with E-state index >= 15 is 0 Å². The van der Waals surface area contributed by atoms with E-state index in [1.807, 2.05) is 0 Å². The maximum absolute atomic E-state index is 13.4. The standard InChI is InChI=1S/C11H12F2N2O4/c1-6(16)2-3-14-11(17)7-4-9(13)10(15(18)19)5-8(7)12/h4-6,16H,2-3H2,1H3,(H,14,17). The first-order valence-electron chi connectivity index (χ1n) is 5.42. The number of benzene rings is 1. The van der Waals surface area contributed by atoms with Crippen molar-refractivity contribution >= 4 is 11.6 Å². The average Bonchev–Trinajstić information content (AvgIpc) is 2.30. The van der Waals surface area contributed by atoms with Gasteiger partial charge in [0.05, 0.1) is 22.7 Å². The predicted molar refractivity (Wildman–Crippen MR) is 61.6 cm³/mol. The Morgan fingerprint density at radius 2 is 2.11 bits per heavy atom. The number of nitrogens with one attached hydrogen (secondary N) is 1. The number of halogens is 2. The van der Waals surface area contributed by atoms with Crippen LogP contribution in [0, 0.1) is 21.7 Å². The van der Waals surface area contributed by atoms with Crippen LogP contribution >= 0.6 is 0 Å². The van der Waals surface area contributed by atoms with Gasteiger partial charge in [-0.15, -0.1) is 0 Å². The molecule has 0 fully saturated rings. The van der Waals surface area contributed by atoms with Crippen molar-refractivity contribution in [1.82, 2.24) is 5.32 Å². The van der Waals surface area contributed by atoms with Gasteiger partial charge in [0.15, 0.2) is 0 Å². The van der Waals surface area contributed by atoms with Crippen LogP contribution in [0.4, 0.5) is 14.5 Å². The van der Waals surface area contributed by atoms with E-state index in [1.165, 1.54) is 6.92 Å². The Labute approximate surface area is 107 Å². The molecule has 104 valence electrons. The van der Waals surface area contributed by atoms with Gasteiger partial charge in [-0.05, 0) is 19.4 Å². The Hall–Kier alpha value is -2.09. The normalized spacial score (nSPS) is 12.0. The molecule has 0 saturated heterocycles. The summed E-state index contributed by atoms with van der Waals surface area (Å²) in [6.07, 6.45) is -0.387. The van der Waals surface area contributed by atoms with Crippen LogP contribution in [0.25, 0.3) is 0 Å². The number of amides is 1. The van der Waals surface area contributed by atoms with Crippen LogP contribution < -0.4 is 5.32 Å². The first-order valence-corrected chi connectivity index (χ1v) is 5.42. The second-order valence-corrected chi connectivity index (χ2v) is 3.93. The van der Waals surface area contributed by atoms with Crippen molar-refractivity contribution in [3.8, 4) is 0 Å². The number of rotatable bonds is 5. The van der Waals surface area contributed by atoms with E-state index in [0.717, 1.165) is 0 Å². The van der Waals surface area contributed by atoms with E-state index in [1.54, 1.807) is 0 Å². The van der Waals surface area contributed by atoms with Gasteiger partial charge in [0.2, 0.25) is 5.82 Å². The van der Waals surface area contributed by atoms with Crippen molar-refractivity contribution < 1.29 is 23.6 Å². The number of nitro groups is 1. The number of carbonyl (C=O) groups excluding carboxylic acids is 1. The first-order chi connectivity index (χ1) is 8.82.